The van der Waals surface area contributed by atoms with E-state index in [0.717, 1.165) is 18.8 Å². The second-order valence-electron chi connectivity index (χ2n) is 5.03. The van der Waals surface area contributed by atoms with Crippen LogP contribution < -0.4 is 0 Å². The molecule has 12 heavy (non-hydrogen) atoms. The number of alkyl halides is 1. The highest BCUT2D eigenvalue weighted by molar-refractivity contribution is 4.84. The lowest BCUT2D eigenvalue weighted by molar-refractivity contribution is 0.0597. The third-order valence-corrected chi connectivity index (χ3v) is 3.57. The summed E-state index contributed by atoms with van der Waals surface area (Å²) in [5.74, 6) is 1.80. The lowest BCUT2D eigenvalue weighted by atomic mass is 9.71. The highest BCUT2D eigenvalue weighted by atomic mass is 19.1. The molecule has 1 rings (SSSR count). The fourth-order valence-corrected chi connectivity index (χ4v) is 2.17. The van der Waals surface area contributed by atoms with Crippen LogP contribution in [0.4, 0.5) is 4.39 Å². The summed E-state index contributed by atoms with van der Waals surface area (Å²) >= 11 is 0. The largest absolute Gasteiger partial charge is 0.244 e. The van der Waals surface area contributed by atoms with Gasteiger partial charge in [0.05, 0.1) is 0 Å². The molecule has 0 aromatic rings. The predicted molar refractivity (Wildman–Crippen MR) is 50.9 cm³/mol. The van der Waals surface area contributed by atoms with Crippen molar-refractivity contribution in [3.8, 4) is 0 Å². The maximum Gasteiger partial charge on any atom is 0.108 e. The Morgan fingerprint density at radius 1 is 1.08 bits per heavy atom. The summed E-state index contributed by atoms with van der Waals surface area (Å²) in [5.41, 5.74) is -0.964. The first kappa shape index (κ1) is 10.0. The van der Waals surface area contributed by atoms with Crippen molar-refractivity contribution < 1.29 is 4.39 Å². The highest BCUT2D eigenvalue weighted by Crippen LogP contribution is 2.40. The Morgan fingerprint density at radius 3 is 2.08 bits per heavy atom. The van der Waals surface area contributed by atoms with Crippen molar-refractivity contribution in [2.45, 2.75) is 52.6 Å². The molecular formula is C11H21F. The first-order chi connectivity index (χ1) is 5.41. The summed E-state index contributed by atoms with van der Waals surface area (Å²) in [6, 6.07) is 0. The van der Waals surface area contributed by atoms with Gasteiger partial charge in [-0.15, -0.1) is 0 Å². The molecule has 1 unspecified atom stereocenters. The van der Waals surface area contributed by atoms with Crippen molar-refractivity contribution in [2.75, 3.05) is 0 Å². The smallest absolute Gasteiger partial charge is 0.108 e. The Kier molecular flexibility index (Phi) is 2.80. The van der Waals surface area contributed by atoms with Gasteiger partial charge in [0.2, 0.25) is 0 Å². The van der Waals surface area contributed by atoms with Crippen molar-refractivity contribution in [1.29, 1.82) is 0 Å². The van der Waals surface area contributed by atoms with E-state index in [1.165, 1.54) is 6.42 Å². The first-order valence-corrected chi connectivity index (χ1v) is 5.10. The normalized spacial score (nSPS) is 38.2. The Labute approximate surface area is 75.5 Å². The van der Waals surface area contributed by atoms with Crippen LogP contribution in [0.3, 0.4) is 0 Å². The Balaban J connectivity index is 2.51. The molecule has 0 N–H and O–H groups in total. The summed E-state index contributed by atoms with van der Waals surface area (Å²) in [5, 5.41) is 0. The molecule has 1 saturated carbocycles. The fourth-order valence-electron chi connectivity index (χ4n) is 2.17. The van der Waals surface area contributed by atoms with E-state index in [9.17, 15) is 4.39 Å². The quantitative estimate of drug-likeness (QED) is 0.564. The number of halogens is 1. The van der Waals surface area contributed by atoms with Crippen LogP contribution in [-0.4, -0.2) is 5.67 Å². The molecule has 0 aromatic heterocycles. The monoisotopic (exact) mass is 172 g/mol. The Morgan fingerprint density at radius 2 is 1.67 bits per heavy atom. The molecule has 0 bridgehead atoms. The van der Waals surface area contributed by atoms with E-state index in [2.05, 4.69) is 13.8 Å². The zero-order valence-electron chi connectivity index (χ0n) is 8.73. The van der Waals surface area contributed by atoms with Gasteiger partial charge in [0.1, 0.15) is 5.67 Å². The van der Waals surface area contributed by atoms with Gasteiger partial charge in [0.25, 0.3) is 0 Å². The highest BCUT2D eigenvalue weighted by Gasteiger charge is 2.34. The molecule has 0 aromatic carbocycles. The maximum absolute atomic E-state index is 13.6. The van der Waals surface area contributed by atoms with Crippen molar-refractivity contribution >= 4 is 0 Å². The van der Waals surface area contributed by atoms with Crippen molar-refractivity contribution in [1.82, 2.24) is 0 Å². The molecule has 0 aliphatic heterocycles. The Bertz CT molecular complexity index is 146. The van der Waals surface area contributed by atoms with Gasteiger partial charge in [-0.1, -0.05) is 20.3 Å². The summed E-state index contributed by atoms with van der Waals surface area (Å²) in [4.78, 5) is 0. The second kappa shape index (κ2) is 3.35. The number of hydrogen-bond donors (Lipinski definition) is 0. The van der Waals surface area contributed by atoms with Crippen LogP contribution in [0.5, 0.6) is 0 Å². The molecule has 0 saturated heterocycles. The van der Waals surface area contributed by atoms with Crippen LogP contribution in [0.1, 0.15) is 47.0 Å². The number of rotatable bonds is 1. The molecule has 0 radical (unpaired) electrons. The zero-order chi connectivity index (χ0) is 9.35. The molecule has 0 nitrogen and oxygen atoms in total. The minimum Gasteiger partial charge on any atom is -0.244 e. The molecule has 0 heterocycles. The summed E-state index contributed by atoms with van der Waals surface area (Å²) in [6.45, 7) is 7.98. The number of hydrogen-bond acceptors (Lipinski definition) is 0. The summed E-state index contributed by atoms with van der Waals surface area (Å²) < 4.78 is 13.6. The van der Waals surface area contributed by atoms with E-state index < -0.39 is 5.67 Å². The van der Waals surface area contributed by atoms with E-state index in [1.807, 2.05) is 0 Å². The average Bonchev–Trinajstić information content (AvgIpc) is 1.92. The van der Waals surface area contributed by atoms with Crippen LogP contribution in [0.15, 0.2) is 0 Å². The molecule has 1 heteroatoms. The van der Waals surface area contributed by atoms with Gasteiger partial charge < -0.3 is 0 Å². The lowest BCUT2D eigenvalue weighted by Gasteiger charge is -2.37. The molecule has 0 amide bonds. The molecule has 3 atom stereocenters. The molecule has 1 aliphatic rings. The lowest BCUT2D eigenvalue weighted by Crippen LogP contribution is -2.33. The standard InChI is InChI=1S/C11H21F/c1-8-5-6-10(7-9(8)2)11(3,4)12/h8-10H,5-7H2,1-4H3/t8-,9+,10?/m0/s1. The zero-order valence-corrected chi connectivity index (χ0v) is 8.73. The van der Waals surface area contributed by atoms with Crippen LogP contribution in [0.25, 0.3) is 0 Å². The molecule has 72 valence electrons. The fraction of sp³-hybridized carbons (Fsp3) is 1.00. The van der Waals surface area contributed by atoms with Crippen LogP contribution >= 0.6 is 0 Å². The van der Waals surface area contributed by atoms with Crippen molar-refractivity contribution in [3.05, 3.63) is 0 Å². The molecule has 1 fully saturated rings. The van der Waals surface area contributed by atoms with E-state index >= 15 is 0 Å². The van der Waals surface area contributed by atoms with E-state index in [-0.39, 0.29) is 0 Å². The van der Waals surface area contributed by atoms with Gasteiger partial charge in [-0.25, -0.2) is 4.39 Å². The van der Waals surface area contributed by atoms with Crippen LogP contribution in [0, 0.1) is 17.8 Å². The van der Waals surface area contributed by atoms with Crippen molar-refractivity contribution in [2.24, 2.45) is 17.8 Å². The van der Waals surface area contributed by atoms with Crippen LogP contribution in [0.2, 0.25) is 0 Å². The van der Waals surface area contributed by atoms with Crippen molar-refractivity contribution in [3.63, 3.8) is 0 Å². The van der Waals surface area contributed by atoms with Crippen LogP contribution in [-0.2, 0) is 0 Å². The molecular weight excluding hydrogens is 151 g/mol. The van der Waals surface area contributed by atoms with Gasteiger partial charge in [-0.2, -0.15) is 0 Å². The van der Waals surface area contributed by atoms with E-state index in [4.69, 9.17) is 0 Å². The second-order valence-corrected chi connectivity index (χ2v) is 5.03. The molecule has 1 aliphatic carbocycles. The van der Waals surface area contributed by atoms with E-state index in [1.54, 1.807) is 13.8 Å². The summed E-state index contributed by atoms with van der Waals surface area (Å²) in [6.07, 6.45) is 3.36. The van der Waals surface area contributed by atoms with E-state index in [0.29, 0.717) is 11.8 Å². The van der Waals surface area contributed by atoms with Gasteiger partial charge in [0, 0.05) is 0 Å². The molecule has 0 spiro atoms. The third kappa shape index (κ3) is 2.21. The minimum atomic E-state index is -0.964. The predicted octanol–water partition coefficient (Wildman–Crippen LogP) is 3.81. The van der Waals surface area contributed by atoms with Gasteiger partial charge in [-0.05, 0) is 44.4 Å². The van der Waals surface area contributed by atoms with Gasteiger partial charge in [-0.3, -0.25) is 0 Å². The van der Waals surface area contributed by atoms with Gasteiger partial charge >= 0.3 is 0 Å². The first-order valence-electron chi connectivity index (χ1n) is 5.10. The topological polar surface area (TPSA) is 0 Å². The summed E-state index contributed by atoms with van der Waals surface area (Å²) in [7, 11) is 0. The maximum atomic E-state index is 13.6. The average molecular weight is 172 g/mol. The SMILES string of the molecule is C[C@@H]1CC(C(C)(C)F)CC[C@@H]1C. The Hall–Kier alpha value is -0.0700. The third-order valence-electron chi connectivity index (χ3n) is 3.57. The minimum absolute atomic E-state index is 0.295. The van der Waals surface area contributed by atoms with Gasteiger partial charge in [0.15, 0.2) is 0 Å².